The van der Waals surface area contributed by atoms with Crippen molar-refractivity contribution in [2.24, 2.45) is 0 Å². The standard InChI is InChI=1S/C18H17F3N2O5S/c1-12(24)13-2-6-15(7-3-13)28-10-17(25)23-14-4-8-16(9-5-14)29(26,27)22-11-18(19,20)21/h2-9,22H,10-11H2,1H3,(H,23,25). The summed E-state index contributed by atoms with van der Waals surface area (Å²) in [5.41, 5.74) is 0.738. The molecule has 0 radical (unpaired) electrons. The van der Waals surface area contributed by atoms with Crippen LogP contribution < -0.4 is 14.8 Å². The van der Waals surface area contributed by atoms with Crippen LogP contribution in [0.4, 0.5) is 18.9 Å². The lowest BCUT2D eigenvalue weighted by molar-refractivity contribution is -0.121. The number of amides is 1. The molecule has 2 rings (SSSR count). The molecule has 0 saturated carbocycles. The van der Waals surface area contributed by atoms with E-state index < -0.39 is 28.7 Å². The van der Waals surface area contributed by atoms with Crippen molar-refractivity contribution < 1.29 is 35.9 Å². The van der Waals surface area contributed by atoms with Gasteiger partial charge in [0.25, 0.3) is 5.91 Å². The summed E-state index contributed by atoms with van der Waals surface area (Å²) in [6.45, 7) is -0.600. The molecule has 0 bridgehead atoms. The molecule has 0 aliphatic heterocycles. The monoisotopic (exact) mass is 430 g/mol. The van der Waals surface area contributed by atoms with Crippen LogP contribution in [0.3, 0.4) is 0 Å². The van der Waals surface area contributed by atoms with Gasteiger partial charge in [0.15, 0.2) is 12.4 Å². The molecule has 156 valence electrons. The highest BCUT2D eigenvalue weighted by atomic mass is 32.2. The van der Waals surface area contributed by atoms with Crippen molar-refractivity contribution in [2.75, 3.05) is 18.5 Å². The number of carbonyl (C=O) groups is 2. The lowest BCUT2D eigenvalue weighted by Crippen LogP contribution is -2.33. The van der Waals surface area contributed by atoms with Crippen molar-refractivity contribution in [2.45, 2.75) is 18.0 Å². The number of Topliss-reactive ketones (excluding diaryl/α,β-unsaturated/α-hetero) is 1. The molecule has 0 heterocycles. The van der Waals surface area contributed by atoms with Gasteiger partial charge in [-0.15, -0.1) is 0 Å². The third-order valence-corrected chi connectivity index (χ3v) is 4.96. The van der Waals surface area contributed by atoms with Crippen molar-refractivity contribution in [3.05, 3.63) is 54.1 Å². The fourth-order valence-corrected chi connectivity index (χ4v) is 3.12. The second kappa shape index (κ2) is 9.05. The minimum Gasteiger partial charge on any atom is -0.484 e. The van der Waals surface area contributed by atoms with E-state index in [4.69, 9.17) is 4.74 Å². The molecule has 0 aromatic heterocycles. The number of nitrogens with one attached hydrogen (secondary N) is 2. The molecule has 0 spiro atoms. The summed E-state index contributed by atoms with van der Waals surface area (Å²) < 4.78 is 66.8. The van der Waals surface area contributed by atoms with Crippen LogP contribution in [0.15, 0.2) is 53.4 Å². The van der Waals surface area contributed by atoms with Gasteiger partial charge in [-0.25, -0.2) is 13.1 Å². The fraction of sp³-hybridized carbons (Fsp3) is 0.222. The first-order chi connectivity index (χ1) is 13.5. The van der Waals surface area contributed by atoms with Crippen molar-refractivity contribution in [1.82, 2.24) is 4.72 Å². The maximum Gasteiger partial charge on any atom is 0.402 e. The highest BCUT2D eigenvalue weighted by Gasteiger charge is 2.30. The molecule has 0 saturated heterocycles. The van der Waals surface area contributed by atoms with Crippen LogP contribution in [0, 0.1) is 0 Å². The number of sulfonamides is 1. The molecule has 0 aliphatic rings. The van der Waals surface area contributed by atoms with E-state index in [9.17, 15) is 31.2 Å². The van der Waals surface area contributed by atoms with E-state index in [1.54, 1.807) is 12.1 Å². The maximum atomic E-state index is 12.2. The topological polar surface area (TPSA) is 102 Å². The van der Waals surface area contributed by atoms with Crippen LogP contribution in [0.1, 0.15) is 17.3 Å². The van der Waals surface area contributed by atoms with Gasteiger partial charge in [0.2, 0.25) is 10.0 Å². The molecule has 0 unspecified atom stereocenters. The number of ether oxygens (including phenoxy) is 1. The van der Waals surface area contributed by atoms with Crippen LogP contribution >= 0.6 is 0 Å². The van der Waals surface area contributed by atoms with Gasteiger partial charge in [-0.2, -0.15) is 13.2 Å². The quantitative estimate of drug-likeness (QED) is 0.627. The zero-order valence-electron chi connectivity index (χ0n) is 15.1. The van der Waals surface area contributed by atoms with Crippen molar-refractivity contribution in [3.8, 4) is 5.75 Å². The van der Waals surface area contributed by atoms with Gasteiger partial charge >= 0.3 is 6.18 Å². The van der Waals surface area contributed by atoms with Gasteiger partial charge in [0.05, 0.1) is 4.90 Å². The van der Waals surface area contributed by atoms with Crippen LogP contribution in [0.2, 0.25) is 0 Å². The largest absolute Gasteiger partial charge is 0.484 e. The Kier molecular flexibility index (Phi) is 6.98. The van der Waals surface area contributed by atoms with Gasteiger partial charge in [-0.3, -0.25) is 9.59 Å². The predicted octanol–water partition coefficient (Wildman–Crippen LogP) is 2.75. The second-order valence-corrected chi connectivity index (χ2v) is 7.65. The SMILES string of the molecule is CC(=O)c1ccc(OCC(=O)Nc2ccc(S(=O)(=O)NCC(F)(F)F)cc2)cc1. The van der Waals surface area contributed by atoms with Crippen LogP contribution in [0.5, 0.6) is 5.75 Å². The number of benzene rings is 2. The highest BCUT2D eigenvalue weighted by Crippen LogP contribution is 2.17. The number of ketones is 1. The van der Waals surface area contributed by atoms with Gasteiger partial charge < -0.3 is 10.1 Å². The first kappa shape index (κ1) is 22.4. The van der Waals surface area contributed by atoms with Gasteiger partial charge in [0.1, 0.15) is 12.3 Å². The van der Waals surface area contributed by atoms with E-state index >= 15 is 0 Å². The Labute approximate surface area is 164 Å². The first-order valence-corrected chi connectivity index (χ1v) is 9.65. The lowest BCUT2D eigenvalue weighted by atomic mass is 10.1. The summed E-state index contributed by atoms with van der Waals surface area (Å²) in [7, 11) is -4.33. The van der Waals surface area contributed by atoms with Crippen LogP contribution in [0.25, 0.3) is 0 Å². The molecular weight excluding hydrogens is 413 g/mol. The molecular formula is C18H17F3N2O5S. The average Bonchev–Trinajstić information content (AvgIpc) is 2.65. The molecule has 29 heavy (non-hydrogen) atoms. The molecule has 11 heteroatoms. The third-order valence-electron chi connectivity index (χ3n) is 3.54. The number of rotatable bonds is 8. The van der Waals surface area contributed by atoms with Crippen molar-refractivity contribution in [3.63, 3.8) is 0 Å². The molecule has 7 nitrogen and oxygen atoms in total. The van der Waals surface area contributed by atoms with E-state index in [1.165, 1.54) is 35.9 Å². The van der Waals surface area contributed by atoms with E-state index in [0.29, 0.717) is 11.3 Å². The second-order valence-electron chi connectivity index (χ2n) is 5.88. The van der Waals surface area contributed by atoms with Crippen molar-refractivity contribution in [1.29, 1.82) is 0 Å². The summed E-state index contributed by atoms with van der Waals surface area (Å²) in [5.74, 6) is -0.262. The summed E-state index contributed by atoms with van der Waals surface area (Å²) in [6.07, 6.45) is -4.67. The summed E-state index contributed by atoms with van der Waals surface area (Å²) in [5, 5.41) is 2.46. The van der Waals surface area contributed by atoms with Gasteiger partial charge in [-0.05, 0) is 55.5 Å². The lowest BCUT2D eigenvalue weighted by Gasteiger charge is -2.10. The van der Waals surface area contributed by atoms with Gasteiger partial charge in [0, 0.05) is 11.3 Å². The molecule has 0 aliphatic carbocycles. The van der Waals surface area contributed by atoms with Crippen LogP contribution in [-0.4, -0.2) is 39.4 Å². The minimum absolute atomic E-state index is 0.103. The number of carbonyl (C=O) groups excluding carboxylic acids is 2. The Morgan fingerprint density at radius 3 is 2.10 bits per heavy atom. The molecule has 2 aromatic carbocycles. The van der Waals surface area contributed by atoms with E-state index in [2.05, 4.69) is 5.32 Å². The zero-order valence-corrected chi connectivity index (χ0v) is 15.9. The summed E-state index contributed by atoms with van der Waals surface area (Å²) in [6, 6.07) is 10.8. The molecule has 0 fully saturated rings. The predicted molar refractivity (Wildman–Crippen MR) is 98.3 cm³/mol. The van der Waals surface area contributed by atoms with E-state index in [-0.39, 0.29) is 23.0 Å². The van der Waals surface area contributed by atoms with E-state index in [1.807, 2.05) is 0 Å². The zero-order chi connectivity index (χ0) is 21.7. The van der Waals surface area contributed by atoms with Crippen molar-refractivity contribution >= 4 is 27.4 Å². The molecule has 2 aromatic rings. The summed E-state index contributed by atoms with van der Waals surface area (Å²) >= 11 is 0. The Morgan fingerprint density at radius 2 is 1.59 bits per heavy atom. The Bertz CT molecular complexity index is 972. The molecule has 1 amide bonds. The molecule has 0 atom stereocenters. The Morgan fingerprint density at radius 1 is 1.00 bits per heavy atom. The fourth-order valence-electron chi connectivity index (χ4n) is 2.11. The summed E-state index contributed by atoms with van der Waals surface area (Å²) in [4.78, 5) is 22.7. The number of hydrogen-bond donors (Lipinski definition) is 2. The molecule has 2 N–H and O–H groups in total. The van der Waals surface area contributed by atoms with E-state index in [0.717, 1.165) is 12.1 Å². The maximum absolute atomic E-state index is 12.2. The first-order valence-electron chi connectivity index (χ1n) is 8.16. The number of anilines is 1. The number of hydrogen-bond acceptors (Lipinski definition) is 5. The van der Waals surface area contributed by atoms with Gasteiger partial charge in [-0.1, -0.05) is 0 Å². The van der Waals surface area contributed by atoms with Crippen LogP contribution in [-0.2, 0) is 14.8 Å². The average molecular weight is 430 g/mol. The highest BCUT2D eigenvalue weighted by molar-refractivity contribution is 7.89. The normalized spacial score (nSPS) is 11.7. The number of halogens is 3. The Balaban J connectivity index is 1.90. The third kappa shape index (κ3) is 7.20. The number of alkyl halides is 3. The minimum atomic E-state index is -4.67. The smallest absolute Gasteiger partial charge is 0.402 e. The Hall–Kier alpha value is -2.92.